The molecule has 0 amide bonds. The fourth-order valence-electron chi connectivity index (χ4n) is 1.87. The van der Waals surface area contributed by atoms with E-state index in [0.717, 1.165) is 12.3 Å². The molecule has 0 radical (unpaired) electrons. The predicted octanol–water partition coefficient (Wildman–Crippen LogP) is 5.48. The molecule has 0 saturated carbocycles. The molecule has 1 rings (SSSR count). The van der Waals surface area contributed by atoms with E-state index in [9.17, 15) is 0 Å². The zero-order valence-electron chi connectivity index (χ0n) is 14.1. The summed E-state index contributed by atoms with van der Waals surface area (Å²) >= 11 is 6.09. The summed E-state index contributed by atoms with van der Waals surface area (Å²) in [5.74, 6) is 0.336. The van der Waals surface area contributed by atoms with E-state index in [1.807, 2.05) is 13.0 Å². The van der Waals surface area contributed by atoms with Gasteiger partial charge in [-0.15, -0.1) is 0 Å². The quantitative estimate of drug-likeness (QED) is 0.542. The molecular weight excluding hydrogens is 286 g/mol. The Morgan fingerprint density at radius 2 is 1.85 bits per heavy atom. The SMILES string of the molecule is Cc1nc(Cl)cc([C@H](C)CO[Si](C)(C)C(C)(C)C)c1C. The van der Waals surface area contributed by atoms with Crippen LogP contribution in [-0.4, -0.2) is 19.9 Å². The zero-order valence-corrected chi connectivity index (χ0v) is 15.9. The highest BCUT2D eigenvalue weighted by Gasteiger charge is 2.37. The Kier molecular flexibility index (Phi) is 5.44. The molecule has 1 aromatic heterocycles. The number of aromatic nitrogens is 1. The molecule has 0 saturated heterocycles. The summed E-state index contributed by atoms with van der Waals surface area (Å²) in [7, 11) is -1.69. The molecule has 0 aliphatic carbocycles. The van der Waals surface area contributed by atoms with Crippen LogP contribution in [0.2, 0.25) is 23.3 Å². The number of halogens is 1. The van der Waals surface area contributed by atoms with Gasteiger partial charge in [-0.05, 0) is 49.2 Å². The van der Waals surface area contributed by atoms with Gasteiger partial charge in [0.25, 0.3) is 0 Å². The standard InChI is InChI=1S/C16H28ClNOSi/c1-11(10-19-20(7,8)16(4,5)6)14-9-15(17)18-13(3)12(14)2/h9,11H,10H2,1-8H3/t11-/m1/s1. The van der Waals surface area contributed by atoms with Gasteiger partial charge in [0.2, 0.25) is 0 Å². The lowest BCUT2D eigenvalue weighted by Gasteiger charge is -2.37. The second kappa shape index (κ2) is 6.16. The van der Waals surface area contributed by atoms with Crippen LogP contribution < -0.4 is 0 Å². The van der Waals surface area contributed by atoms with Crippen LogP contribution in [0, 0.1) is 13.8 Å². The second-order valence-electron chi connectivity index (χ2n) is 7.22. The monoisotopic (exact) mass is 313 g/mol. The van der Waals surface area contributed by atoms with E-state index in [0.29, 0.717) is 11.1 Å². The summed E-state index contributed by atoms with van der Waals surface area (Å²) in [6.45, 7) is 18.4. The molecule has 1 aromatic rings. The molecule has 0 aromatic carbocycles. The van der Waals surface area contributed by atoms with Crippen molar-refractivity contribution in [2.45, 2.75) is 65.6 Å². The minimum atomic E-state index is -1.69. The molecule has 1 heterocycles. The van der Waals surface area contributed by atoms with Crippen LogP contribution in [-0.2, 0) is 4.43 Å². The summed E-state index contributed by atoms with van der Waals surface area (Å²) in [5.41, 5.74) is 3.48. The largest absolute Gasteiger partial charge is 0.416 e. The number of hydrogen-bond donors (Lipinski definition) is 0. The Balaban J connectivity index is 2.86. The van der Waals surface area contributed by atoms with E-state index < -0.39 is 8.32 Å². The number of hydrogen-bond acceptors (Lipinski definition) is 2. The first-order valence-electron chi connectivity index (χ1n) is 7.23. The summed E-state index contributed by atoms with van der Waals surface area (Å²) in [6, 6.07) is 1.98. The van der Waals surface area contributed by atoms with Crippen molar-refractivity contribution < 1.29 is 4.43 Å². The van der Waals surface area contributed by atoms with E-state index in [1.165, 1.54) is 11.1 Å². The Hall–Kier alpha value is -0.383. The maximum Gasteiger partial charge on any atom is 0.192 e. The number of nitrogens with zero attached hydrogens (tertiary/aromatic N) is 1. The van der Waals surface area contributed by atoms with Crippen molar-refractivity contribution in [1.82, 2.24) is 4.98 Å². The van der Waals surface area contributed by atoms with E-state index in [-0.39, 0.29) is 5.04 Å². The molecule has 1 atom stereocenters. The fourth-order valence-corrected chi connectivity index (χ4v) is 3.22. The smallest absolute Gasteiger partial charge is 0.192 e. The number of aryl methyl sites for hydroxylation is 1. The minimum Gasteiger partial charge on any atom is -0.416 e. The Morgan fingerprint density at radius 1 is 1.30 bits per heavy atom. The van der Waals surface area contributed by atoms with Crippen LogP contribution in [0.3, 0.4) is 0 Å². The molecule has 2 nitrogen and oxygen atoms in total. The Morgan fingerprint density at radius 3 is 2.35 bits per heavy atom. The van der Waals surface area contributed by atoms with Crippen molar-refractivity contribution in [3.8, 4) is 0 Å². The van der Waals surface area contributed by atoms with Crippen molar-refractivity contribution in [1.29, 1.82) is 0 Å². The lowest BCUT2D eigenvalue weighted by Crippen LogP contribution is -2.41. The lowest BCUT2D eigenvalue weighted by atomic mass is 9.97. The maximum atomic E-state index is 6.32. The van der Waals surface area contributed by atoms with Crippen LogP contribution in [0.15, 0.2) is 6.07 Å². The van der Waals surface area contributed by atoms with Crippen molar-refractivity contribution in [2.24, 2.45) is 0 Å². The summed E-state index contributed by atoms with van der Waals surface area (Å²) in [5, 5.41) is 0.815. The van der Waals surface area contributed by atoms with Gasteiger partial charge in [0.15, 0.2) is 8.32 Å². The highest BCUT2D eigenvalue weighted by atomic mass is 35.5. The van der Waals surface area contributed by atoms with Crippen LogP contribution >= 0.6 is 11.6 Å². The summed E-state index contributed by atoms with van der Waals surface area (Å²) in [4.78, 5) is 4.30. The van der Waals surface area contributed by atoms with E-state index in [4.69, 9.17) is 16.0 Å². The molecule has 4 heteroatoms. The second-order valence-corrected chi connectivity index (χ2v) is 12.4. The van der Waals surface area contributed by atoms with Crippen molar-refractivity contribution in [3.63, 3.8) is 0 Å². The van der Waals surface area contributed by atoms with Gasteiger partial charge in [-0.3, -0.25) is 0 Å². The third-order valence-corrected chi connectivity index (χ3v) is 9.25. The summed E-state index contributed by atoms with van der Waals surface area (Å²) in [6.07, 6.45) is 0. The fraction of sp³-hybridized carbons (Fsp3) is 0.688. The van der Waals surface area contributed by atoms with Gasteiger partial charge in [-0.1, -0.05) is 39.3 Å². The normalized spacial score (nSPS) is 14.4. The molecule has 0 bridgehead atoms. The first-order valence-corrected chi connectivity index (χ1v) is 10.5. The van der Waals surface area contributed by atoms with Gasteiger partial charge in [0.05, 0.1) is 0 Å². The molecule has 0 N–H and O–H groups in total. The Labute approximate surface area is 130 Å². The van der Waals surface area contributed by atoms with Crippen molar-refractivity contribution in [3.05, 3.63) is 28.0 Å². The first-order chi connectivity index (χ1) is 8.95. The van der Waals surface area contributed by atoms with Gasteiger partial charge in [0, 0.05) is 18.2 Å². The van der Waals surface area contributed by atoms with Gasteiger partial charge < -0.3 is 4.43 Å². The Bertz CT molecular complexity index is 480. The highest BCUT2D eigenvalue weighted by Crippen LogP contribution is 2.37. The van der Waals surface area contributed by atoms with Gasteiger partial charge in [-0.25, -0.2) is 4.98 Å². The number of pyridine rings is 1. The van der Waals surface area contributed by atoms with Crippen LogP contribution in [0.25, 0.3) is 0 Å². The maximum absolute atomic E-state index is 6.32. The zero-order chi connectivity index (χ0) is 15.7. The third-order valence-electron chi connectivity index (χ3n) is 4.56. The predicted molar refractivity (Wildman–Crippen MR) is 90.3 cm³/mol. The van der Waals surface area contributed by atoms with Crippen molar-refractivity contribution >= 4 is 19.9 Å². The first kappa shape index (κ1) is 17.7. The molecule has 0 spiro atoms. The number of rotatable bonds is 4. The lowest BCUT2D eigenvalue weighted by molar-refractivity contribution is 0.268. The third kappa shape index (κ3) is 4.06. The van der Waals surface area contributed by atoms with Gasteiger partial charge in [-0.2, -0.15) is 0 Å². The molecule has 0 fully saturated rings. The van der Waals surface area contributed by atoms with Gasteiger partial charge >= 0.3 is 0 Å². The average Bonchev–Trinajstić information content (AvgIpc) is 2.29. The topological polar surface area (TPSA) is 22.1 Å². The van der Waals surface area contributed by atoms with E-state index in [2.05, 4.69) is 52.7 Å². The van der Waals surface area contributed by atoms with E-state index in [1.54, 1.807) is 0 Å². The van der Waals surface area contributed by atoms with E-state index >= 15 is 0 Å². The highest BCUT2D eigenvalue weighted by molar-refractivity contribution is 6.74. The molecule has 0 unspecified atom stereocenters. The van der Waals surface area contributed by atoms with Gasteiger partial charge in [0.1, 0.15) is 5.15 Å². The molecule has 0 aliphatic heterocycles. The minimum absolute atomic E-state index is 0.244. The molecular formula is C16H28ClNOSi. The summed E-state index contributed by atoms with van der Waals surface area (Å²) < 4.78 is 6.32. The van der Waals surface area contributed by atoms with Crippen LogP contribution in [0.4, 0.5) is 0 Å². The average molecular weight is 314 g/mol. The van der Waals surface area contributed by atoms with Crippen LogP contribution in [0.1, 0.15) is 50.4 Å². The molecule has 0 aliphatic rings. The molecule has 114 valence electrons. The van der Waals surface area contributed by atoms with Crippen LogP contribution in [0.5, 0.6) is 0 Å². The molecule has 20 heavy (non-hydrogen) atoms. The van der Waals surface area contributed by atoms with Crippen molar-refractivity contribution in [2.75, 3.05) is 6.61 Å².